The van der Waals surface area contributed by atoms with Crippen LogP contribution < -0.4 is 0 Å². The Morgan fingerprint density at radius 2 is 1.07 bits per heavy atom. The van der Waals surface area contributed by atoms with Crippen LogP contribution in [0.25, 0.3) is 0 Å². The maximum Gasteiger partial charge on any atom is 0.449 e. The van der Waals surface area contributed by atoms with Crippen molar-refractivity contribution >= 4 is 11.9 Å². The van der Waals surface area contributed by atoms with Gasteiger partial charge in [0.15, 0.2) is 11.2 Å². The van der Waals surface area contributed by atoms with Gasteiger partial charge in [-0.25, -0.2) is 29.1 Å². The van der Waals surface area contributed by atoms with Crippen molar-refractivity contribution < 1.29 is 83.9 Å². The number of hydrogen-bond acceptors (Lipinski definition) is 12. The van der Waals surface area contributed by atoms with Crippen LogP contribution in [-0.4, -0.2) is 72.9 Å². The summed E-state index contributed by atoms with van der Waals surface area (Å²) in [5.74, 6) is -9.75. The molecule has 18 heteroatoms. The van der Waals surface area contributed by atoms with Crippen molar-refractivity contribution in [1.82, 2.24) is 0 Å². The zero-order valence-corrected chi connectivity index (χ0v) is 32.2. The van der Waals surface area contributed by atoms with Gasteiger partial charge in [0.25, 0.3) is 0 Å². The number of benzene rings is 1. The van der Waals surface area contributed by atoms with Gasteiger partial charge in [-0.05, 0) is 82.4 Å². The quantitative estimate of drug-likeness (QED) is 0.156. The van der Waals surface area contributed by atoms with Crippen molar-refractivity contribution in [3.8, 4) is 0 Å². The van der Waals surface area contributed by atoms with Crippen molar-refractivity contribution in [3.05, 3.63) is 58.1 Å². The molecule has 6 saturated heterocycles. The molecular formula is C40H44F6O12. The molecule has 58 heavy (non-hydrogen) atoms. The minimum Gasteiger partial charge on any atom is -0.457 e. The van der Waals surface area contributed by atoms with Gasteiger partial charge in [-0.3, -0.25) is 0 Å². The smallest absolute Gasteiger partial charge is 0.449 e. The molecule has 1 aromatic rings. The second kappa shape index (κ2) is 13.5. The van der Waals surface area contributed by atoms with Crippen LogP contribution in [0.2, 0.25) is 0 Å². The van der Waals surface area contributed by atoms with E-state index in [1.54, 1.807) is 13.8 Å². The summed E-state index contributed by atoms with van der Waals surface area (Å²) in [4.78, 5) is 50.2. The Morgan fingerprint density at radius 3 is 1.47 bits per heavy atom. The van der Waals surface area contributed by atoms with Crippen LogP contribution >= 0.6 is 0 Å². The van der Waals surface area contributed by atoms with E-state index in [2.05, 4.69) is 0 Å². The Balaban J connectivity index is 0.944. The van der Waals surface area contributed by atoms with Gasteiger partial charge in [0, 0.05) is 47.7 Å². The summed E-state index contributed by atoms with van der Waals surface area (Å²) in [7, 11) is 0. The van der Waals surface area contributed by atoms with Gasteiger partial charge in [-0.2, -0.15) is 26.3 Å². The largest absolute Gasteiger partial charge is 0.457 e. The summed E-state index contributed by atoms with van der Waals surface area (Å²) >= 11 is 0. The van der Waals surface area contributed by atoms with Gasteiger partial charge in [0.2, 0.25) is 35.7 Å². The highest BCUT2D eigenvalue weighted by Gasteiger charge is 2.72. The van der Waals surface area contributed by atoms with E-state index >= 15 is 0 Å². The predicted octanol–water partition coefficient (Wildman–Crippen LogP) is 8.12. The van der Waals surface area contributed by atoms with Crippen molar-refractivity contribution in [3.63, 3.8) is 0 Å². The summed E-state index contributed by atoms with van der Waals surface area (Å²) in [6.07, 6.45) is -9.30. The molecule has 8 fully saturated rings. The molecule has 318 valence electrons. The fraction of sp³-hybridized carbons (Fsp3) is 0.700. The standard InChI is InChI=1S/C40H44F6O12/c1-19-8-10-27-23(29(39(41,42)43)51-33-37(27)25(19)12-14-35(3,53-33)55-57-37)17-49-31(47)21-6-5-7-22(16-21)32(48)50-18-24-28-11-9-20(2)26-13-15-36(4)54-34(38(26,28)58-56-36)52-30(24)40(44,45)46/h5-7,16,19-20,25-28,33-34H,8-15,17-18H2,1-4H3/t19-,20-,25+,26+,27+,28+,33-,34-,35+,36+,37-,38-/m1/s1. The monoisotopic (exact) mass is 830 g/mol. The predicted molar refractivity (Wildman–Crippen MR) is 181 cm³/mol. The summed E-state index contributed by atoms with van der Waals surface area (Å²) in [6.45, 7) is 5.51. The number of ether oxygens (including phenoxy) is 6. The number of hydrogen-bond donors (Lipinski definition) is 0. The zero-order chi connectivity index (χ0) is 41.2. The lowest BCUT2D eigenvalue weighted by Crippen LogP contribution is -2.67. The number of rotatable bonds is 6. The first-order valence-electron chi connectivity index (χ1n) is 19.8. The number of fused-ring (bicyclic) bond motifs is 4. The molecule has 10 aliphatic rings. The van der Waals surface area contributed by atoms with E-state index in [4.69, 9.17) is 48.0 Å². The maximum atomic E-state index is 14.6. The fourth-order valence-electron chi connectivity index (χ4n) is 11.0. The first-order valence-corrected chi connectivity index (χ1v) is 19.8. The molecular weight excluding hydrogens is 786 g/mol. The molecule has 8 aliphatic heterocycles. The van der Waals surface area contributed by atoms with Crippen LogP contribution in [0.15, 0.2) is 46.9 Å². The van der Waals surface area contributed by atoms with Crippen LogP contribution in [-0.2, 0) is 48.0 Å². The molecule has 0 aromatic heterocycles. The van der Waals surface area contributed by atoms with E-state index in [0.717, 1.165) is 6.07 Å². The van der Waals surface area contributed by atoms with E-state index in [0.29, 0.717) is 38.5 Å². The molecule has 11 rings (SSSR count). The molecule has 0 radical (unpaired) electrons. The van der Waals surface area contributed by atoms with E-state index < -0.39 is 96.2 Å². The second-order valence-corrected chi connectivity index (χ2v) is 17.4. The van der Waals surface area contributed by atoms with E-state index in [9.17, 15) is 35.9 Å². The van der Waals surface area contributed by atoms with Gasteiger partial charge in [-0.1, -0.05) is 19.9 Å². The number of halogens is 6. The lowest BCUT2D eigenvalue weighted by Gasteiger charge is -2.57. The summed E-state index contributed by atoms with van der Waals surface area (Å²) < 4.78 is 122. The van der Waals surface area contributed by atoms with Crippen molar-refractivity contribution in [1.29, 1.82) is 0 Å². The van der Waals surface area contributed by atoms with E-state index in [1.165, 1.54) is 18.2 Å². The highest BCUT2D eigenvalue weighted by molar-refractivity contribution is 5.95. The topological polar surface area (TPSA) is 126 Å². The van der Waals surface area contributed by atoms with Gasteiger partial charge in [0.05, 0.1) is 11.1 Å². The molecule has 0 amide bonds. The third kappa shape index (κ3) is 6.17. The molecule has 2 saturated carbocycles. The van der Waals surface area contributed by atoms with Gasteiger partial charge >= 0.3 is 24.3 Å². The molecule has 4 bridgehead atoms. The normalized spacial score (nSPS) is 41.7. The van der Waals surface area contributed by atoms with Crippen molar-refractivity contribution in [2.75, 3.05) is 13.2 Å². The minimum absolute atomic E-state index is 0.0439. The number of alkyl halides is 6. The molecule has 2 aliphatic carbocycles. The molecule has 12 nitrogen and oxygen atoms in total. The number of carbonyl (C=O) groups is 2. The highest BCUT2D eigenvalue weighted by atomic mass is 19.4. The number of allylic oxidation sites excluding steroid dienone is 2. The molecule has 1 aromatic carbocycles. The molecule has 0 N–H and O–H groups in total. The van der Waals surface area contributed by atoms with Gasteiger partial charge < -0.3 is 28.4 Å². The summed E-state index contributed by atoms with van der Waals surface area (Å²) in [5.41, 5.74) is -3.94. The maximum absolute atomic E-state index is 14.6. The Kier molecular flexibility index (Phi) is 9.34. The second-order valence-electron chi connectivity index (χ2n) is 17.4. The van der Waals surface area contributed by atoms with Crippen LogP contribution in [0.1, 0.15) is 99.8 Å². The number of carbonyl (C=O) groups excluding carboxylic acids is 2. The Hall–Kier alpha value is -3.42. The van der Waals surface area contributed by atoms with E-state index in [-0.39, 0.29) is 58.8 Å². The molecule has 2 spiro atoms. The van der Waals surface area contributed by atoms with Gasteiger partial charge in [0.1, 0.15) is 13.2 Å². The van der Waals surface area contributed by atoms with Crippen LogP contribution in [0, 0.1) is 35.5 Å². The Morgan fingerprint density at radius 1 is 0.655 bits per heavy atom. The average molecular weight is 831 g/mol. The molecule has 0 unspecified atom stereocenters. The van der Waals surface area contributed by atoms with Crippen molar-refractivity contribution in [2.45, 2.75) is 127 Å². The zero-order valence-electron chi connectivity index (χ0n) is 32.2. The van der Waals surface area contributed by atoms with Crippen LogP contribution in [0.3, 0.4) is 0 Å². The first-order chi connectivity index (χ1) is 27.3. The minimum atomic E-state index is -4.97. The van der Waals surface area contributed by atoms with Crippen LogP contribution in [0.5, 0.6) is 0 Å². The first kappa shape index (κ1) is 40.0. The van der Waals surface area contributed by atoms with Crippen molar-refractivity contribution in [2.24, 2.45) is 35.5 Å². The number of esters is 2. The fourth-order valence-corrected chi connectivity index (χ4v) is 11.0. The van der Waals surface area contributed by atoms with E-state index in [1.807, 2.05) is 13.8 Å². The summed E-state index contributed by atoms with van der Waals surface area (Å²) in [5, 5.41) is 0. The lowest BCUT2D eigenvalue weighted by atomic mass is 9.59. The molecule has 8 heterocycles. The third-order valence-electron chi connectivity index (χ3n) is 13.9. The molecule has 12 atom stereocenters. The summed E-state index contributed by atoms with van der Waals surface area (Å²) in [6, 6.07) is 4.97. The lowest BCUT2D eigenvalue weighted by molar-refractivity contribution is -0.558. The third-order valence-corrected chi connectivity index (χ3v) is 13.9. The average Bonchev–Trinajstić information content (AvgIpc) is 3.55. The van der Waals surface area contributed by atoms with Gasteiger partial charge in [-0.15, -0.1) is 0 Å². The Bertz CT molecular complexity index is 1800. The highest BCUT2D eigenvalue weighted by Crippen LogP contribution is 2.63. The SMILES string of the molecule is C[C@@H]1CC[C@H]2C(COC(=O)c3cccc(C(=O)OCC4=C(C(F)(F)F)O[C@@H]5O[C@]6(C)CC[C@H]7[C@H](C)CC[C@@H]4[C@@]57OO6)c3)=C(C(F)(F)F)O[C@@H]3O[C@]4(C)CC[C@@H]1[C@]32OO4. The van der Waals surface area contributed by atoms with Crippen LogP contribution in [0.4, 0.5) is 26.3 Å². The Labute approximate surface area is 329 Å².